The van der Waals surface area contributed by atoms with Crippen LogP contribution in [0.4, 0.5) is 17.1 Å². The first kappa shape index (κ1) is 10.2. The Balaban J connectivity index is 2.46. The number of nitrogens with one attached hydrogen (secondary N) is 2. The number of nitro groups is 1. The molecule has 0 atom stereocenters. The van der Waals surface area contributed by atoms with Gasteiger partial charge >= 0.3 is 0 Å². The number of carbonyl (C=O) groups is 1. The van der Waals surface area contributed by atoms with Crippen molar-refractivity contribution in [2.24, 2.45) is 0 Å². The third kappa shape index (κ3) is 1.85. The first-order valence-electron chi connectivity index (χ1n) is 4.61. The molecule has 1 heterocycles. The monoisotopic (exact) mass is 219 g/mol. The van der Waals surface area contributed by atoms with Gasteiger partial charge in [-0.05, 0) is 13.0 Å². The zero-order chi connectivity index (χ0) is 11.7. The highest BCUT2D eigenvalue weighted by Gasteiger charge is 2.15. The summed E-state index contributed by atoms with van der Waals surface area (Å²) in [4.78, 5) is 21.4. The molecule has 16 heavy (non-hydrogen) atoms. The summed E-state index contributed by atoms with van der Waals surface area (Å²) in [5.74, 6) is -0.302. The Morgan fingerprint density at radius 1 is 1.25 bits per heavy atom. The summed E-state index contributed by atoms with van der Waals surface area (Å²) in [5, 5.41) is 16.1. The zero-order valence-corrected chi connectivity index (χ0v) is 8.48. The molecule has 0 spiro atoms. The van der Waals surface area contributed by atoms with E-state index < -0.39 is 4.92 Å². The smallest absolute Gasteiger partial charge is 0.271 e. The number of nitrogens with zero attached hydrogens (tertiary/aromatic N) is 1. The fourth-order valence-corrected chi connectivity index (χ4v) is 1.47. The Morgan fingerprint density at radius 2 is 2.00 bits per heavy atom. The third-order valence-corrected chi connectivity index (χ3v) is 2.15. The van der Waals surface area contributed by atoms with E-state index in [1.807, 2.05) is 0 Å². The summed E-state index contributed by atoms with van der Waals surface area (Å²) in [6.07, 6.45) is 1.39. The number of hydrogen-bond donors (Lipinski definition) is 2. The van der Waals surface area contributed by atoms with Crippen LogP contribution in [0.3, 0.4) is 0 Å². The molecule has 0 aliphatic carbocycles. The van der Waals surface area contributed by atoms with Crippen LogP contribution in [-0.2, 0) is 4.79 Å². The largest absolute Gasteiger partial charge is 0.357 e. The molecule has 1 aromatic carbocycles. The van der Waals surface area contributed by atoms with E-state index >= 15 is 0 Å². The Bertz CT molecular complexity index is 508. The van der Waals surface area contributed by atoms with E-state index in [0.29, 0.717) is 17.1 Å². The second-order valence-corrected chi connectivity index (χ2v) is 3.43. The summed E-state index contributed by atoms with van der Waals surface area (Å²) in [6.45, 7) is 1.75. The molecule has 1 aliphatic heterocycles. The Kier molecular flexibility index (Phi) is 2.32. The number of anilines is 2. The number of benzene rings is 1. The van der Waals surface area contributed by atoms with E-state index in [1.54, 1.807) is 13.0 Å². The molecule has 6 nitrogen and oxygen atoms in total. The number of fused-ring (bicyclic) bond motifs is 1. The van der Waals surface area contributed by atoms with E-state index in [9.17, 15) is 14.9 Å². The van der Waals surface area contributed by atoms with Crippen molar-refractivity contribution < 1.29 is 9.72 Å². The lowest BCUT2D eigenvalue weighted by molar-refractivity contribution is -0.384. The van der Waals surface area contributed by atoms with Gasteiger partial charge in [0, 0.05) is 23.9 Å². The van der Waals surface area contributed by atoms with Crippen molar-refractivity contribution in [2.75, 3.05) is 10.6 Å². The van der Waals surface area contributed by atoms with E-state index in [4.69, 9.17) is 0 Å². The van der Waals surface area contributed by atoms with Crippen LogP contribution in [0.25, 0.3) is 0 Å². The number of nitro benzene ring substituents is 1. The molecule has 2 rings (SSSR count). The lowest BCUT2D eigenvalue weighted by Gasteiger charge is -2.07. The van der Waals surface area contributed by atoms with Crippen LogP contribution in [0.2, 0.25) is 0 Å². The summed E-state index contributed by atoms with van der Waals surface area (Å²) >= 11 is 0. The average Bonchev–Trinajstić information content (AvgIpc) is 2.32. The number of amides is 1. The highest BCUT2D eigenvalue weighted by Crippen LogP contribution is 2.29. The van der Waals surface area contributed by atoms with Crippen LogP contribution in [0, 0.1) is 10.1 Å². The van der Waals surface area contributed by atoms with Crippen LogP contribution in [0.15, 0.2) is 30.0 Å². The average molecular weight is 219 g/mol. The van der Waals surface area contributed by atoms with Gasteiger partial charge in [-0.1, -0.05) is 0 Å². The van der Waals surface area contributed by atoms with E-state index in [-0.39, 0.29) is 11.6 Å². The maximum absolute atomic E-state index is 11.3. The molecule has 1 amide bonds. The lowest BCUT2D eigenvalue weighted by Crippen LogP contribution is -2.07. The van der Waals surface area contributed by atoms with E-state index in [2.05, 4.69) is 10.6 Å². The maximum Gasteiger partial charge on any atom is 0.271 e. The molecule has 0 fully saturated rings. The number of rotatable bonds is 1. The summed E-state index contributed by atoms with van der Waals surface area (Å²) in [6, 6.07) is 4.28. The van der Waals surface area contributed by atoms with Gasteiger partial charge in [-0.3, -0.25) is 14.9 Å². The van der Waals surface area contributed by atoms with Gasteiger partial charge in [-0.2, -0.15) is 0 Å². The van der Waals surface area contributed by atoms with Crippen molar-refractivity contribution in [1.82, 2.24) is 0 Å². The molecular formula is C10H9N3O3. The van der Waals surface area contributed by atoms with Crippen molar-refractivity contribution in [3.05, 3.63) is 40.1 Å². The molecule has 1 aliphatic rings. The van der Waals surface area contributed by atoms with E-state index in [0.717, 1.165) is 0 Å². The minimum Gasteiger partial charge on any atom is -0.357 e. The van der Waals surface area contributed by atoms with Crippen molar-refractivity contribution in [2.45, 2.75) is 6.92 Å². The van der Waals surface area contributed by atoms with Crippen molar-refractivity contribution in [3.63, 3.8) is 0 Å². The molecule has 0 saturated carbocycles. The number of hydrogen-bond acceptors (Lipinski definition) is 4. The van der Waals surface area contributed by atoms with Gasteiger partial charge in [-0.15, -0.1) is 0 Å². The summed E-state index contributed by atoms with van der Waals surface area (Å²) in [7, 11) is 0. The minimum absolute atomic E-state index is 0.0552. The number of non-ortho nitro benzene ring substituents is 1. The molecule has 1 aromatic rings. The van der Waals surface area contributed by atoms with Gasteiger partial charge in [0.2, 0.25) is 5.91 Å². The van der Waals surface area contributed by atoms with Crippen LogP contribution >= 0.6 is 0 Å². The first-order valence-corrected chi connectivity index (χ1v) is 4.61. The predicted octanol–water partition coefficient (Wildman–Crippen LogP) is 1.86. The van der Waals surface area contributed by atoms with Gasteiger partial charge in [0.25, 0.3) is 5.69 Å². The second kappa shape index (κ2) is 3.65. The molecule has 2 N–H and O–H groups in total. The van der Waals surface area contributed by atoms with Crippen LogP contribution in [0.5, 0.6) is 0 Å². The van der Waals surface area contributed by atoms with E-state index in [1.165, 1.54) is 18.2 Å². The quantitative estimate of drug-likeness (QED) is 0.557. The first-order chi connectivity index (χ1) is 7.56. The summed E-state index contributed by atoms with van der Waals surface area (Å²) in [5.41, 5.74) is 1.68. The topological polar surface area (TPSA) is 84.3 Å². The van der Waals surface area contributed by atoms with Crippen LogP contribution in [0.1, 0.15) is 6.92 Å². The van der Waals surface area contributed by atoms with Gasteiger partial charge in [0.15, 0.2) is 0 Å². The molecule has 0 aromatic heterocycles. The van der Waals surface area contributed by atoms with Crippen molar-refractivity contribution in [1.29, 1.82) is 0 Å². The van der Waals surface area contributed by atoms with Gasteiger partial charge in [-0.25, -0.2) is 0 Å². The molecular weight excluding hydrogens is 210 g/mol. The lowest BCUT2D eigenvalue weighted by atomic mass is 10.2. The van der Waals surface area contributed by atoms with Gasteiger partial charge in [0.05, 0.1) is 16.3 Å². The molecule has 82 valence electrons. The predicted molar refractivity (Wildman–Crippen MR) is 59.1 cm³/mol. The minimum atomic E-state index is -0.502. The SMILES string of the molecule is CC1=CC(=O)Nc2cc([N+](=O)[O-])ccc2N1. The highest BCUT2D eigenvalue weighted by atomic mass is 16.6. The molecule has 0 saturated heterocycles. The van der Waals surface area contributed by atoms with Crippen LogP contribution < -0.4 is 10.6 Å². The molecule has 6 heteroatoms. The molecule has 0 bridgehead atoms. The Labute approximate surface area is 91.1 Å². The number of allylic oxidation sites excluding steroid dienone is 1. The van der Waals surface area contributed by atoms with Crippen molar-refractivity contribution in [3.8, 4) is 0 Å². The standard InChI is InChI=1S/C10H9N3O3/c1-6-4-10(14)12-9-5-7(13(15)16)2-3-8(9)11-6/h2-5,11H,1H3,(H,12,14). The van der Waals surface area contributed by atoms with Crippen LogP contribution in [-0.4, -0.2) is 10.8 Å². The molecule has 0 unspecified atom stereocenters. The normalized spacial score (nSPS) is 14.1. The Hall–Kier alpha value is -2.37. The van der Waals surface area contributed by atoms with Gasteiger partial charge < -0.3 is 10.6 Å². The Morgan fingerprint density at radius 3 is 2.69 bits per heavy atom. The summed E-state index contributed by atoms with van der Waals surface area (Å²) < 4.78 is 0. The zero-order valence-electron chi connectivity index (χ0n) is 8.48. The molecule has 0 radical (unpaired) electrons. The third-order valence-electron chi connectivity index (χ3n) is 2.15. The second-order valence-electron chi connectivity index (χ2n) is 3.43. The highest BCUT2D eigenvalue weighted by molar-refractivity contribution is 6.04. The van der Waals surface area contributed by atoms with Crippen molar-refractivity contribution >= 4 is 23.0 Å². The fraction of sp³-hybridized carbons (Fsp3) is 0.100. The van der Waals surface area contributed by atoms with Gasteiger partial charge in [0.1, 0.15) is 0 Å². The fourth-order valence-electron chi connectivity index (χ4n) is 1.47. The number of carbonyl (C=O) groups excluding carboxylic acids is 1. The maximum atomic E-state index is 11.3.